The van der Waals surface area contributed by atoms with Crippen molar-refractivity contribution < 1.29 is 0 Å². The van der Waals surface area contributed by atoms with Crippen molar-refractivity contribution in [3.05, 3.63) is 35.4 Å². The molecule has 0 amide bonds. The van der Waals surface area contributed by atoms with Gasteiger partial charge >= 0.3 is 0 Å². The van der Waals surface area contributed by atoms with Crippen molar-refractivity contribution in [1.82, 2.24) is 5.32 Å². The number of nitrogens with one attached hydrogen (secondary N) is 1. The Hall–Kier alpha value is -0.470. The summed E-state index contributed by atoms with van der Waals surface area (Å²) in [4.78, 5) is 0. The van der Waals surface area contributed by atoms with E-state index in [9.17, 15) is 0 Å². The fourth-order valence-corrected chi connectivity index (χ4v) is 3.68. The van der Waals surface area contributed by atoms with Gasteiger partial charge in [0.25, 0.3) is 0 Å². The molecule has 2 rings (SSSR count). The number of hydrogen-bond donors (Lipinski definition) is 1. The highest BCUT2D eigenvalue weighted by Gasteiger charge is 2.35. The third kappa shape index (κ3) is 3.59. The van der Waals surface area contributed by atoms with Crippen LogP contribution in [0.15, 0.2) is 24.3 Å². The molecule has 1 nitrogen and oxygen atoms in total. The van der Waals surface area contributed by atoms with Crippen LogP contribution >= 0.6 is 11.8 Å². The molecule has 1 aliphatic rings. The fraction of sp³-hybridized carbons (Fsp3) is 0.667. The third-order valence-electron chi connectivity index (χ3n) is 4.70. The Labute approximate surface area is 128 Å². The number of thioether (sulfide) groups is 1. The van der Waals surface area contributed by atoms with Crippen LogP contribution in [-0.2, 0) is 5.41 Å². The maximum Gasteiger partial charge on any atom is 0.0292 e. The van der Waals surface area contributed by atoms with Gasteiger partial charge in [0.1, 0.15) is 0 Å². The number of hydrogen-bond acceptors (Lipinski definition) is 2. The van der Waals surface area contributed by atoms with Gasteiger partial charge in [-0.3, -0.25) is 0 Å². The maximum absolute atomic E-state index is 3.73. The second kappa shape index (κ2) is 6.11. The standard InChI is InChI=1S/C18H29NS/c1-14(19-13-18(20-5)11-6-12-18)15-7-9-16(10-8-15)17(2,3)4/h7-10,14,19H,6,11-13H2,1-5H3. The van der Waals surface area contributed by atoms with Crippen molar-refractivity contribution >= 4 is 11.8 Å². The molecule has 0 saturated heterocycles. The molecule has 1 saturated carbocycles. The highest BCUT2D eigenvalue weighted by atomic mass is 32.2. The second-order valence-corrected chi connectivity index (χ2v) is 8.49. The summed E-state index contributed by atoms with van der Waals surface area (Å²) < 4.78 is 0.514. The third-order valence-corrected chi connectivity index (χ3v) is 6.12. The molecule has 1 aromatic carbocycles. The van der Waals surface area contributed by atoms with Crippen molar-refractivity contribution in [1.29, 1.82) is 0 Å². The molecule has 1 aliphatic carbocycles. The summed E-state index contributed by atoms with van der Waals surface area (Å²) in [6.07, 6.45) is 6.40. The van der Waals surface area contributed by atoms with E-state index in [2.05, 4.69) is 63.5 Å². The molecule has 112 valence electrons. The van der Waals surface area contributed by atoms with Crippen LogP contribution < -0.4 is 5.32 Å². The summed E-state index contributed by atoms with van der Waals surface area (Å²) in [6, 6.07) is 9.56. The average molecular weight is 292 g/mol. The van der Waals surface area contributed by atoms with E-state index in [0.717, 1.165) is 6.54 Å². The SMILES string of the molecule is CSC1(CNC(C)c2ccc(C(C)(C)C)cc2)CCC1. The molecule has 0 heterocycles. The minimum absolute atomic E-state index is 0.240. The van der Waals surface area contributed by atoms with E-state index in [4.69, 9.17) is 0 Å². The lowest BCUT2D eigenvalue weighted by Crippen LogP contribution is -2.44. The molecule has 0 radical (unpaired) electrons. The largest absolute Gasteiger partial charge is 0.309 e. The molecular weight excluding hydrogens is 262 g/mol. The average Bonchev–Trinajstić information content (AvgIpc) is 2.37. The molecule has 0 spiro atoms. The predicted molar refractivity (Wildman–Crippen MR) is 91.7 cm³/mol. The van der Waals surface area contributed by atoms with Gasteiger partial charge in [0.15, 0.2) is 0 Å². The van der Waals surface area contributed by atoms with Crippen LogP contribution in [0.1, 0.15) is 64.1 Å². The smallest absolute Gasteiger partial charge is 0.0292 e. The monoisotopic (exact) mass is 291 g/mol. The molecule has 1 N–H and O–H groups in total. The zero-order chi connectivity index (χ0) is 14.8. The highest BCUT2D eigenvalue weighted by Crippen LogP contribution is 2.42. The quantitative estimate of drug-likeness (QED) is 0.826. The van der Waals surface area contributed by atoms with Gasteiger partial charge in [-0.05, 0) is 42.6 Å². The van der Waals surface area contributed by atoms with Gasteiger partial charge in [-0.25, -0.2) is 0 Å². The van der Waals surface area contributed by atoms with E-state index in [-0.39, 0.29) is 5.41 Å². The molecule has 1 aromatic rings. The van der Waals surface area contributed by atoms with E-state index in [1.54, 1.807) is 0 Å². The van der Waals surface area contributed by atoms with Crippen LogP contribution in [0.4, 0.5) is 0 Å². The second-order valence-electron chi connectivity index (χ2n) is 7.22. The first-order valence-corrected chi connectivity index (χ1v) is 8.98. The van der Waals surface area contributed by atoms with Gasteiger partial charge in [0.05, 0.1) is 0 Å². The minimum atomic E-state index is 0.240. The van der Waals surface area contributed by atoms with Crippen molar-refractivity contribution in [3.63, 3.8) is 0 Å². The van der Waals surface area contributed by atoms with Crippen LogP contribution in [-0.4, -0.2) is 17.5 Å². The van der Waals surface area contributed by atoms with Crippen molar-refractivity contribution in [2.45, 2.75) is 63.2 Å². The van der Waals surface area contributed by atoms with Gasteiger partial charge in [-0.2, -0.15) is 11.8 Å². The molecule has 0 bridgehead atoms. The summed E-state index contributed by atoms with van der Waals surface area (Å²) in [5.74, 6) is 0. The van der Waals surface area contributed by atoms with Gasteiger partial charge < -0.3 is 5.32 Å². The normalized spacial score (nSPS) is 19.4. The first-order valence-electron chi connectivity index (χ1n) is 7.75. The molecule has 1 fully saturated rings. The van der Waals surface area contributed by atoms with E-state index in [1.807, 2.05) is 11.8 Å². The Morgan fingerprint density at radius 1 is 1.20 bits per heavy atom. The Balaban J connectivity index is 1.94. The van der Waals surface area contributed by atoms with Crippen LogP contribution in [0.3, 0.4) is 0 Å². The molecular formula is C18H29NS. The van der Waals surface area contributed by atoms with E-state index in [0.29, 0.717) is 10.8 Å². The summed E-state index contributed by atoms with van der Waals surface area (Å²) >= 11 is 2.04. The van der Waals surface area contributed by atoms with Crippen LogP contribution in [0, 0.1) is 0 Å². The minimum Gasteiger partial charge on any atom is -0.309 e. The highest BCUT2D eigenvalue weighted by molar-refractivity contribution is 8.00. The topological polar surface area (TPSA) is 12.0 Å². The Morgan fingerprint density at radius 3 is 2.20 bits per heavy atom. The lowest BCUT2D eigenvalue weighted by molar-refractivity contribution is 0.334. The molecule has 2 heteroatoms. The van der Waals surface area contributed by atoms with Crippen LogP contribution in [0.5, 0.6) is 0 Å². The molecule has 0 aromatic heterocycles. The molecule has 20 heavy (non-hydrogen) atoms. The maximum atomic E-state index is 3.73. The van der Waals surface area contributed by atoms with Gasteiger partial charge in [0.2, 0.25) is 0 Å². The van der Waals surface area contributed by atoms with E-state index >= 15 is 0 Å². The fourth-order valence-electron chi connectivity index (χ4n) is 2.75. The van der Waals surface area contributed by atoms with Gasteiger partial charge in [-0.15, -0.1) is 0 Å². The molecule has 0 aliphatic heterocycles. The summed E-state index contributed by atoms with van der Waals surface area (Å²) in [5, 5.41) is 3.73. The van der Waals surface area contributed by atoms with Crippen molar-refractivity contribution in [3.8, 4) is 0 Å². The van der Waals surface area contributed by atoms with Crippen molar-refractivity contribution in [2.75, 3.05) is 12.8 Å². The van der Waals surface area contributed by atoms with Crippen LogP contribution in [0.25, 0.3) is 0 Å². The Morgan fingerprint density at radius 2 is 1.80 bits per heavy atom. The zero-order valence-corrected chi connectivity index (χ0v) is 14.4. The summed E-state index contributed by atoms with van der Waals surface area (Å²) in [5.41, 5.74) is 3.05. The van der Waals surface area contributed by atoms with Crippen LogP contribution in [0.2, 0.25) is 0 Å². The predicted octanol–water partition coefficient (Wildman–Crippen LogP) is 4.92. The Kier molecular flexibility index (Phi) is 4.86. The lowest BCUT2D eigenvalue weighted by Gasteiger charge is -2.41. The number of rotatable bonds is 5. The lowest BCUT2D eigenvalue weighted by atomic mass is 9.83. The van der Waals surface area contributed by atoms with E-state index in [1.165, 1.54) is 30.4 Å². The van der Waals surface area contributed by atoms with E-state index < -0.39 is 0 Å². The zero-order valence-electron chi connectivity index (χ0n) is 13.6. The molecule has 1 atom stereocenters. The first-order chi connectivity index (χ1) is 9.36. The van der Waals surface area contributed by atoms with Gasteiger partial charge in [0, 0.05) is 17.3 Å². The molecule has 1 unspecified atom stereocenters. The summed E-state index contributed by atoms with van der Waals surface area (Å²) in [6.45, 7) is 10.2. The first kappa shape index (κ1) is 15.9. The number of benzene rings is 1. The Bertz CT molecular complexity index is 420. The van der Waals surface area contributed by atoms with Crippen molar-refractivity contribution in [2.24, 2.45) is 0 Å². The van der Waals surface area contributed by atoms with Gasteiger partial charge in [-0.1, -0.05) is 51.5 Å². The summed E-state index contributed by atoms with van der Waals surface area (Å²) in [7, 11) is 0.